The number of hydrogen-bond acceptors (Lipinski definition) is 5. The average Bonchev–Trinajstić information content (AvgIpc) is 2.39. The van der Waals surface area contributed by atoms with Crippen LogP contribution in [-0.2, 0) is 4.74 Å². The number of pyridine rings is 1. The molecule has 19 heavy (non-hydrogen) atoms. The van der Waals surface area contributed by atoms with Crippen LogP contribution >= 0.6 is 0 Å². The molecule has 2 rings (SSSR count). The summed E-state index contributed by atoms with van der Waals surface area (Å²) < 4.78 is 10.8. The summed E-state index contributed by atoms with van der Waals surface area (Å²) in [6.07, 6.45) is 1.31. The summed E-state index contributed by atoms with van der Waals surface area (Å²) in [6, 6.07) is 4.03. The molecule has 0 aliphatic heterocycles. The molecule has 0 amide bonds. The third-order valence-electron chi connectivity index (χ3n) is 3.95. The first-order chi connectivity index (χ1) is 8.98. The monoisotopic (exact) mass is 265 g/mol. The zero-order chi connectivity index (χ0) is 14.0. The van der Waals surface area contributed by atoms with Crippen LogP contribution in [0.1, 0.15) is 27.2 Å². The van der Waals surface area contributed by atoms with Crippen molar-refractivity contribution in [3.05, 3.63) is 12.1 Å². The van der Waals surface area contributed by atoms with Crippen molar-refractivity contribution >= 4 is 11.5 Å². The van der Waals surface area contributed by atoms with Gasteiger partial charge in [-0.3, -0.25) is 0 Å². The van der Waals surface area contributed by atoms with E-state index in [-0.39, 0.29) is 5.41 Å². The Morgan fingerprint density at radius 2 is 2.21 bits per heavy atom. The summed E-state index contributed by atoms with van der Waals surface area (Å²) in [4.78, 5) is 4.35. The van der Waals surface area contributed by atoms with E-state index in [4.69, 9.17) is 15.2 Å². The fourth-order valence-electron chi connectivity index (χ4n) is 2.49. The standard InChI is InChI=1S/C14H23N3O2/c1-5-19-11-8-10(14(11,2)3)16-12-7-6-9(15)13(17-12)18-4/h6-7,10-11H,5,8,15H2,1-4H3,(H,16,17). The van der Waals surface area contributed by atoms with E-state index < -0.39 is 0 Å². The molecule has 0 radical (unpaired) electrons. The summed E-state index contributed by atoms with van der Waals surface area (Å²) in [7, 11) is 1.57. The average molecular weight is 265 g/mol. The van der Waals surface area contributed by atoms with E-state index in [2.05, 4.69) is 24.1 Å². The lowest BCUT2D eigenvalue weighted by molar-refractivity contribution is -0.0976. The fraction of sp³-hybridized carbons (Fsp3) is 0.643. The number of nitrogens with two attached hydrogens (primary N) is 1. The Morgan fingerprint density at radius 1 is 1.47 bits per heavy atom. The Labute approximate surface area is 114 Å². The summed E-state index contributed by atoms with van der Waals surface area (Å²) in [5.74, 6) is 1.25. The molecular formula is C14H23N3O2. The SMILES string of the molecule is CCOC1CC(Nc2ccc(N)c(OC)n2)C1(C)C. The Hall–Kier alpha value is -1.49. The third kappa shape index (κ3) is 2.61. The van der Waals surface area contributed by atoms with Crippen LogP contribution in [0.15, 0.2) is 12.1 Å². The lowest BCUT2D eigenvalue weighted by Crippen LogP contribution is -2.58. The van der Waals surface area contributed by atoms with Gasteiger partial charge in [0.15, 0.2) is 0 Å². The van der Waals surface area contributed by atoms with Gasteiger partial charge in [-0.25, -0.2) is 0 Å². The van der Waals surface area contributed by atoms with Crippen molar-refractivity contribution in [1.82, 2.24) is 4.98 Å². The number of nitrogens with one attached hydrogen (secondary N) is 1. The maximum absolute atomic E-state index is 5.76. The first-order valence-corrected chi connectivity index (χ1v) is 6.67. The number of anilines is 2. The minimum atomic E-state index is 0.103. The van der Waals surface area contributed by atoms with Gasteiger partial charge in [-0.05, 0) is 25.5 Å². The summed E-state index contributed by atoms with van der Waals surface area (Å²) in [6.45, 7) is 7.21. The molecule has 5 nitrogen and oxygen atoms in total. The third-order valence-corrected chi connectivity index (χ3v) is 3.95. The van der Waals surface area contributed by atoms with Gasteiger partial charge in [0.25, 0.3) is 0 Å². The van der Waals surface area contributed by atoms with E-state index in [0.717, 1.165) is 18.8 Å². The van der Waals surface area contributed by atoms with Crippen molar-refractivity contribution in [2.75, 3.05) is 24.8 Å². The lowest BCUT2D eigenvalue weighted by atomic mass is 9.64. The molecule has 106 valence electrons. The fourth-order valence-corrected chi connectivity index (χ4v) is 2.49. The number of methoxy groups -OCH3 is 1. The molecule has 1 aromatic rings. The van der Waals surface area contributed by atoms with Crippen molar-refractivity contribution in [3.8, 4) is 5.88 Å². The Balaban J connectivity index is 2.03. The first kappa shape index (κ1) is 13.9. The molecule has 1 aromatic heterocycles. The second kappa shape index (κ2) is 5.25. The van der Waals surface area contributed by atoms with Gasteiger partial charge in [0.2, 0.25) is 5.88 Å². The lowest BCUT2D eigenvalue weighted by Gasteiger charge is -2.51. The predicted octanol–water partition coefficient (Wildman–Crippen LogP) is 2.29. The van der Waals surface area contributed by atoms with Crippen LogP contribution in [0, 0.1) is 5.41 Å². The van der Waals surface area contributed by atoms with E-state index in [9.17, 15) is 0 Å². The predicted molar refractivity (Wildman–Crippen MR) is 76.4 cm³/mol. The maximum Gasteiger partial charge on any atom is 0.238 e. The summed E-state index contributed by atoms with van der Waals surface area (Å²) >= 11 is 0. The molecule has 1 heterocycles. The van der Waals surface area contributed by atoms with Crippen molar-refractivity contribution in [3.63, 3.8) is 0 Å². The normalized spacial score (nSPS) is 24.6. The second-order valence-corrected chi connectivity index (χ2v) is 5.49. The molecule has 2 unspecified atom stereocenters. The maximum atomic E-state index is 5.76. The van der Waals surface area contributed by atoms with E-state index in [1.807, 2.05) is 13.0 Å². The number of hydrogen-bond donors (Lipinski definition) is 2. The Morgan fingerprint density at radius 3 is 2.79 bits per heavy atom. The quantitative estimate of drug-likeness (QED) is 0.855. The van der Waals surface area contributed by atoms with Gasteiger partial charge < -0.3 is 20.5 Å². The highest BCUT2D eigenvalue weighted by atomic mass is 16.5. The molecule has 1 fully saturated rings. The molecule has 0 spiro atoms. The number of nitrogens with zero attached hydrogens (tertiary/aromatic N) is 1. The van der Waals surface area contributed by atoms with Gasteiger partial charge in [-0.1, -0.05) is 13.8 Å². The van der Waals surface area contributed by atoms with E-state index in [1.54, 1.807) is 13.2 Å². The van der Waals surface area contributed by atoms with E-state index in [1.165, 1.54) is 0 Å². The minimum Gasteiger partial charge on any atom is -0.479 e. The van der Waals surface area contributed by atoms with Gasteiger partial charge in [0.1, 0.15) is 5.82 Å². The highest BCUT2D eigenvalue weighted by molar-refractivity contribution is 5.54. The molecule has 0 saturated heterocycles. The van der Waals surface area contributed by atoms with Crippen LogP contribution in [0.5, 0.6) is 5.88 Å². The first-order valence-electron chi connectivity index (χ1n) is 6.67. The van der Waals surface area contributed by atoms with Crippen LogP contribution in [-0.4, -0.2) is 30.8 Å². The molecule has 5 heteroatoms. The van der Waals surface area contributed by atoms with Crippen molar-refractivity contribution in [2.24, 2.45) is 5.41 Å². The van der Waals surface area contributed by atoms with Crippen molar-refractivity contribution in [1.29, 1.82) is 0 Å². The van der Waals surface area contributed by atoms with Crippen LogP contribution in [0.25, 0.3) is 0 Å². The molecule has 0 bridgehead atoms. The number of rotatable bonds is 5. The highest BCUT2D eigenvalue weighted by Gasteiger charge is 2.49. The Kier molecular flexibility index (Phi) is 3.85. The zero-order valence-electron chi connectivity index (χ0n) is 12.1. The number of ether oxygens (including phenoxy) is 2. The summed E-state index contributed by atoms with van der Waals surface area (Å²) in [5.41, 5.74) is 6.41. The van der Waals surface area contributed by atoms with Gasteiger partial charge in [0.05, 0.1) is 18.9 Å². The highest BCUT2D eigenvalue weighted by Crippen LogP contribution is 2.44. The van der Waals surface area contributed by atoms with Gasteiger partial charge >= 0.3 is 0 Å². The number of nitrogen functional groups attached to an aromatic ring is 1. The van der Waals surface area contributed by atoms with Crippen molar-refractivity contribution < 1.29 is 9.47 Å². The molecular weight excluding hydrogens is 242 g/mol. The van der Waals surface area contributed by atoms with Crippen LogP contribution < -0.4 is 15.8 Å². The zero-order valence-corrected chi connectivity index (χ0v) is 12.1. The van der Waals surface area contributed by atoms with Crippen LogP contribution in [0.2, 0.25) is 0 Å². The Bertz CT molecular complexity index is 448. The molecule has 0 aromatic carbocycles. The van der Waals surface area contributed by atoms with Gasteiger partial charge in [-0.2, -0.15) is 4.98 Å². The molecule has 1 saturated carbocycles. The van der Waals surface area contributed by atoms with E-state index >= 15 is 0 Å². The van der Waals surface area contributed by atoms with Crippen LogP contribution in [0.3, 0.4) is 0 Å². The summed E-state index contributed by atoms with van der Waals surface area (Å²) in [5, 5.41) is 3.43. The number of aromatic nitrogens is 1. The van der Waals surface area contributed by atoms with Gasteiger partial charge in [-0.15, -0.1) is 0 Å². The second-order valence-electron chi connectivity index (χ2n) is 5.49. The van der Waals surface area contributed by atoms with Gasteiger partial charge in [0, 0.05) is 18.1 Å². The molecule has 3 N–H and O–H groups in total. The van der Waals surface area contributed by atoms with Crippen molar-refractivity contribution in [2.45, 2.75) is 39.3 Å². The molecule has 1 aliphatic rings. The minimum absolute atomic E-state index is 0.103. The smallest absolute Gasteiger partial charge is 0.238 e. The topological polar surface area (TPSA) is 69.4 Å². The van der Waals surface area contributed by atoms with E-state index in [0.29, 0.717) is 23.7 Å². The largest absolute Gasteiger partial charge is 0.479 e. The molecule has 2 atom stereocenters. The molecule has 1 aliphatic carbocycles. The van der Waals surface area contributed by atoms with Crippen LogP contribution in [0.4, 0.5) is 11.5 Å².